The molecule has 0 radical (unpaired) electrons. The highest BCUT2D eigenvalue weighted by Gasteiger charge is 2.12. The number of nitrogen functional groups attached to an aromatic ring is 1. The third-order valence-electron chi connectivity index (χ3n) is 3.79. The van der Waals surface area contributed by atoms with E-state index in [0.29, 0.717) is 11.3 Å². The fourth-order valence-corrected chi connectivity index (χ4v) is 2.65. The lowest BCUT2D eigenvalue weighted by atomic mass is 9.92. The second-order valence-electron chi connectivity index (χ2n) is 5.30. The minimum atomic E-state index is -0.513. The lowest BCUT2D eigenvalue weighted by Gasteiger charge is -2.17. The quantitative estimate of drug-likeness (QED) is 0.665. The maximum atomic E-state index is 14.0. The maximum Gasteiger partial charge on any atom is 0.166 e. The van der Waals surface area contributed by atoms with Crippen molar-refractivity contribution < 1.29 is 9.13 Å². The molecule has 4 heteroatoms. The number of ether oxygens (including phenoxy) is 1. The van der Waals surface area contributed by atoms with Gasteiger partial charge in [0.1, 0.15) is 11.6 Å². The van der Waals surface area contributed by atoms with E-state index in [2.05, 4.69) is 6.07 Å². The van der Waals surface area contributed by atoms with Crippen LogP contribution in [0.1, 0.15) is 29.5 Å². The molecular weight excluding hydrogens is 267 g/mol. The van der Waals surface area contributed by atoms with Gasteiger partial charge in [-0.25, -0.2) is 4.39 Å². The summed E-state index contributed by atoms with van der Waals surface area (Å²) in [6.45, 7) is 0. The normalized spacial score (nSPS) is 13.6. The van der Waals surface area contributed by atoms with Crippen LogP contribution >= 0.6 is 0 Å². The largest absolute Gasteiger partial charge is 0.454 e. The summed E-state index contributed by atoms with van der Waals surface area (Å²) in [6, 6.07) is 10.2. The molecule has 0 saturated carbocycles. The summed E-state index contributed by atoms with van der Waals surface area (Å²) < 4.78 is 19.6. The van der Waals surface area contributed by atoms with Gasteiger partial charge in [0.25, 0.3) is 0 Å². The molecular formula is C17H17FN2O. The van der Waals surface area contributed by atoms with Gasteiger partial charge in [0.2, 0.25) is 0 Å². The first kappa shape index (κ1) is 13.6. The molecule has 3 rings (SSSR count). The van der Waals surface area contributed by atoms with Gasteiger partial charge in [-0.15, -0.1) is 0 Å². The fourth-order valence-electron chi connectivity index (χ4n) is 2.65. The minimum Gasteiger partial charge on any atom is -0.454 e. The second-order valence-corrected chi connectivity index (χ2v) is 5.30. The van der Waals surface area contributed by atoms with Crippen LogP contribution in [0.2, 0.25) is 0 Å². The highest BCUT2D eigenvalue weighted by molar-refractivity contribution is 5.95. The number of aryl methyl sites for hydroxylation is 2. The molecule has 0 atom stereocenters. The highest BCUT2D eigenvalue weighted by Crippen LogP contribution is 2.29. The van der Waals surface area contributed by atoms with Crippen molar-refractivity contribution in [2.75, 3.05) is 0 Å². The number of halogens is 1. The number of benzene rings is 2. The van der Waals surface area contributed by atoms with Crippen molar-refractivity contribution in [1.82, 2.24) is 0 Å². The molecule has 108 valence electrons. The predicted molar refractivity (Wildman–Crippen MR) is 80.6 cm³/mol. The Bertz CT molecular complexity index is 697. The molecule has 0 aliphatic heterocycles. The number of hydrogen-bond donors (Lipinski definition) is 2. The van der Waals surface area contributed by atoms with Crippen molar-refractivity contribution in [1.29, 1.82) is 5.41 Å². The van der Waals surface area contributed by atoms with Gasteiger partial charge in [-0.2, -0.15) is 0 Å². The molecule has 2 aromatic carbocycles. The first-order valence-corrected chi connectivity index (χ1v) is 7.07. The molecule has 3 N–H and O–H groups in total. The Hall–Kier alpha value is -2.36. The maximum absolute atomic E-state index is 14.0. The Morgan fingerprint density at radius 1 is 1.05 bits per heavy atom. The zero-order chi connectivity index (χ0) is 14.8. The Morgan fingerprint density at radius 2 is 1.81 bits per heavy atom. The zero-order valence-electron chi connectivity index (χ0n) is 11.7. The molecule has 0 heterocycles. The smallest absolute Gasteiger partial charge is 0.166 e. The lowest BCUT2D eigenvalue weighted by Crippen LogP contribution is -2.11. The van der Waals surface area contributed by atoms with E-state index in [1.807, 2.05) is 12.1 Å². The molecule has 3 nitrogen and oxygen atoms in total. The van der Waals surface area contributed by atoms with Crippen molar-refractivity contribution in [3.05, 3.63) is 58.9 Å². The number of hydrogen-bond acceptors (Lipinski definition) is 2. The van der Waals surface area contributed by atoms with E-state index < -0.39 is 5.82 Å². The third-order valence-corrected chi connectivity index (χ3v) is 3.79. The van der Waals surface area contributed by atoms with Crippen molar-refractivity contribution in [2.24, 2.45) is 5.73 Å². The average Bonchev–Trinajstić information content (AvgIpc) is 2.49. The first-order valence-electron chi connectivity index (χ1n) is 7.07. The van der Waals surface area contributed by atoms with Gasteiger partial charge in [-0.05, 0) is 67.1 Å². The van der Waals surface area contributed by atoms with E-state index in [0.717, 1.165) is 12.8 Å². The van der Waals surface area contributed by atoms with Crippen molar-refractivity contribution in [3.63, 3.8) is 0 Å². The third kappa shape index (κ3) is 2.89. The minimum absolute atomic E-state index is 0.149. The van der Waals surface area contributed by atoms with E-state index in [9.17, 15) is 4.39 Å². The van der Waals surface area contributed by atoms with E-state index in [-0.39, 0.29) is 11.6 Å². The molecule has 2 aromatic rings. The fraction of sp³-hybridized carbons (Fsp3) is 0.235. The van der Waals surface area contributed by atoms with E-state index in [1.54, 1.807) is 6.07 Å². The second kappa shape index (κ2) is 5.56. The van der Waals surface area contributed by atoms with Gasteiger partial charge in [0.15, 0.2) is 11.6 Å². The van der Waals surface area contributed by atoms with Crippen LogP contribution in [0.3, 0.4) is 0 Å². The molecule has 1 aliphatic rings. The summed E-state index contributed by atoms with van der Waals surface area (Å²) in [5, 5.41) is 7.30. The molecule has 0 aromatic heterocycles. The predicted octanol–water partition coefficient (Wildman–Crippen LogP) is 3.78. The number of fused-ring (bicyclic) bond motifs is 1. The van der Waals surface area contributed by atoms with Crippen molar-refractivity contribution >= 4 is 5.84 Å². The monoisotopic (exact) mass is 284 g/mol. The first-order chi connectivity index (χ1) is 10.1. The van der Waals surface area contributed by atoms with Crippen LogP contribution in [0.5, 0.6) is 11.5 Å². The zero-order valence-corrected chi connectivity index (χ0v) is 11.7. The summed E-state index contributed by atoms with van der Waals surface area (Å²) in [5.74, 6) is 0.121. The summed E-state index contributed by atoms with van der Waals surface area (Å²) in [7, 11) is 0. The van der Waals surface area contributed by atoms with Crippen LogP contribution in [0, 0.1) is 11.2 Å². The summed E-state index contributed by atoms with van der Waals surface area (Å²) in [5.41, 5.74) is 8.34. The van der Waals surface area contributed by atoms with Gasteiger partial charge < -0.3 is 10.5 Å². The van der Waals surface area contributed by atoms with Crippen LogP contribution in [0.25, 0.3) is 0 Å². The van der Waals surface area contributed by atoms with Crippen LogP contribution < -0.4 is 10.5 Å². The summed E-state index contributed by atoms with van der Waals surface area (Å²) >= 11 is 0. The van der Waals surface area contributed by atoms with Crippen LogP contribution in [0.15, 0.2) is 36.4 Å². The molecule has 1 aliphatic carbocycles. The number of amidine groups is 1. The Labute approximate surface area is 123 Å². The van der Waals surface area contributed by atoms with Gasteiger partial charge >= 0.3 is 0 Å². The Morgan fingerprint density at radius 3 is 2.52 bits per heavy atom. The summed E-state index contributed by atoms with van der Waals surface area (Å²) in [6.07, 6.45) is 4.59. The molecule has 0 unspecified atom stereocenters. The molecule has 0 saturated heterocycles. The molecule has 0 bridgehead atoms. The molecule has 0 spiro atoms. The topological polar surface area (TPSA) is 59.1 Å². The van der Waals surface area contributed by atoms with Crippen LogP contribution in [-0.4, -0.2) is 5.84 Å². The van der Waals surface area contributed by atoms with E-state index >= 15 is 0 Å². The van der Waals surface area contributed by atoms with Gasteiger partial charge in [0, 0.05) is 5.56 Å². The number of nitrogens with one attached hydrogen (secondary N) is 1. The van der Waals surface area contributed by atoms with Crippen molar-refractivity contribution in [2.45, 2.75) is 25.7 Å². The number of rotatable bonds is 3. The van der Waals surface area contributed by atoms with Gasteiger partial charge in [0.05, 0.1) is 0 Å². The Kier molecular flexibility index (Phi) is 3.60. The lowest BCUT2D eigenvalue weighted by molar-refractivity contribution is 0.441. The molecule has 21 heavy (non-hydrogen) atoms. The highest BCUT2D eigenvalue weighted by atomic mass is 19.1. The van der Waals surface area contributed by atoms with Crippen LogP contribution in [0.4, 0.5) is 4.39 Å². The van der Waals surface area contributed by atoms with Crippen LogP contribution in [-0.2, 0) is 12.8 Å². The SMILES string of the molecule is N=C(N)c1ccc(Oc2ccc3c(c2)CCCC3)c(F)c1. The van der Waals surface area contributed by atoms with Gasteiger partial charge in [-0.1, -0.05) is 6.07 Å². The van der Waals surface area contributed by atoms with Crippen molar-refractivity contribution in [3.8, 4) is 11.5 Å². The average molecular weight is 284 g/mol. The van der Waals surface area contributed by atoms with Gasteiger partial charge in [-0.3, -0.25) is 5.41 Å². The van der Waals surface area contributed by atoms with E-state index in [1.165, 1.54) is 36.1 Å². The summed E-state index contributed by atoms with van der Waals surface area (Å²) in [4.78, 5) is 0. The van der Waals surface area contributed by atoms with E-state index in [4.69, 9.17) is 15.9 Å². The standard InChI is InChI=1S/C17H17FN2O/c18-15-10-13(17(19)20)6-8-16(15)21-14-7-5-11-3-1-2-4-12(11)9-14/h5-10H,1-4H2,(H3,19,20). The molecule has 0 amide bonds. The Balaban J connectivity index is 1.85. The molecule has 0 fully saturated rings. The number of nitrogens with two attached hydrogens (primary N) is 1.